The highest BCUT2D eigenvalue weighted by atomic mass is 35.5. The van der Waals surface area contributed by atoms with Crippen molar-refractivity contribution in [3.63, 3.8) is 0 Å². The van der Waals surface area contributed by atoms with Crippen molar-refractivity contribution in [1.29, 1.82) is 0 Å². The average molecular weight is 443 g/mol. The van der Waals surface area contributed by atoms with Crippen LogP contribution in [0.15, 0.2) is 59.6 Å². The summed E-state index contributed by atoms with van der Waals surface area (Å²) >= 11 is 11.9. The average Bonchev–Trinajstić information content (AvgIpc) is 2.69. The zero-order valence-corrected chi connectivity index (χ0v) is 17.9. The first-order chi connectivity index (χ1) is 14.4. The molecule has 0 fully saturated rings. The van der Waals surface area contributed by atoms with E-state index in [-0.39, 0.29) is 5.96 Å². The van der Waals surface area contributed by atoms with Crippen LogP contribution in [0.4, 0.5) is 16.4 Å². The second kappa shape index (κ2) is 10.0. The minimum atomic E-state index is -0.503. The monoisotopic (exact) mass is 442 g/mol. The number of halogens is 2. The Bertz CT molecular complexity index is 1050. The van der Waals surface area contributed by atoms with Gasteiger partial charge in [-0.25, -0.2) is 19.8 Å². The van der Waals surface area contributed by atoms with Crippen molar-refractivity contribution in [2.45, 2.75) is 20.4 Å². The van der Waals surface area contributed by atoms with Crippen LogP contribution in [0.1, 0.15) is 17.0 Å². The standard InChI is InChI=1S/C21H20Cl2N6O/c1-13-10-14(2)26-20(25-13)28-19(24-12-15-6-4-3-5-7-15)29-21(30)27-16-8-9-17(22)18(23)11-16/h3-11H,12H2,1-2H3,(H3,24,25,26,27,28,29,30). The number of aryl methyl sites for hydroxylation is 2. The summed E-state index contributed by atoms with van der Waals surface area (Å²) in [5.41, 5.74) is 3.08. The Kier molecular flexibility index (Phi) is 7.21. The maximum absolute atomic E-state index is 12.5. The molecule has 3 aromatic rings. The van der Waals surface area contributed by atoms with Crippen molar-refractivity contribution in [2.75, 3.05) is 10.6 Å². The van der Waals surface area contributed by atoms with Crippen LogP contribution >= 0.6 is 23.2 Å². The van der Waals surface area contributed by atoms with Crippen molar-refractivity contribution < 1.29 is 4.79 Å². The highest BCUT2D eigenvalue weighted by molar-refractivity contribution is 6.42. The number of urea groups is 1. The van der Waals surface area contributed by atoms with Crippen molar-refractivity contribution >= 4 is 46.8 Å². The van der Waals surface area contributed by atoms with Gasteiger partial charge in [-0.15, -0.1) is 0 Å². The summed E-state index contributed by atoms with van der Waals surface area (Å²) in [7, 11) is 0. The summed E-state index contributed by atoms with van der Waals surface area (Å²) < 4.78 is 0. The summed E-state index contributed by atoms with van der Waals surface area (Å²) in [5.74, 6) is 0.551. The van der Waals surface area contributed by atoms with Gasteiger partial charge in [0.05, 0.1) is 16.6 Å². The van der Waals surface area contributed by atoms with E-state index in [2.05, 4.69) is 30.9 Å². The number of carbonyl (C=O) groups is 1. The number of hydrogen-bond donors (Lipinski definition) is 3. The van der Waals surface area contributed by atoms with Gasteiger partial charge in [-0.3, -0.25) is 10.6 Å². The first-order valence-corrected chi connectivity index (χ1v) is 9.85. The Balaban J connectivity index is 1.77. The number of amides is 2. The molecule has 0 aliphatic rings. The first-order valence-electron chi connectivity index (χ1n) is 9.10. The number of anilines is 2. The van der Waals surface area contributed by atoms with E-state index in [1.165, 1.54) is 0 Å². The van der Waals surface area contributed by atoms with Gasteiger partial charge in [0.1, 0.15) is 0 Å². The van der Waals surface area contributed by atoms with Gasteiger partial charge in [0.15, 0.2) is 0 Å². The van der Waals surface area contributed by atoms with E-state index >= 15 is 0 Å². The number of carbonyl (C=O) groups excluding carboxylic acids is 1. The minimum Gasteiger partial charge on any atom is -0.308 e. The van der Waals surface area contributed by atoms with E-state index in [1.807, 2.05) is 50.2 Å². The third-order valence-corrected chi connectivity index (χ3v) is 4.62. The predicted octanol–water partition coefficient (Wildman–Crippen LogP) is 5.19. The van der Waals surface area contributed by atoms with Crippen LogP contribution in [-0.4, -0.2) is 22.0 Å². The molecule has 1 heterocycles. The summed E-state index contributed by atoms with van der Waals surface area (Å²) in [6.07, 6.45) is 0. The zero-order valence-electron chi connectivity index (χ0n) is 16.4. The third-order valence-electron chi connectivity index (χ3n) is 3.88. The Morgan fingerprint density at radius 1 is 0.933 bits per heavy atom. The molecule has 2 aromatic carbocycles. The molecule has 2 amide bonds. The normalized spacial score (nSPS) is 11.1. The maximum atomic E-state index is 12.5. The van der Waals surface area contributed by atoms with Crippen LogP contribution in [0.3, 0.4) is 0 Å². The lowest BCUT2D eigenvalue weighted by Gasteiger charge is -2.13. The Hall–Kier alpha value is -3.16. The van der Waals surface area contributed by atoms with Crippen LogP contribution < -0.4 is 16.0 Å². The fourth-order valence-corrected chi connectivity index (χ4v) is 2.89. The molecular weight excluding hydrogens is 423 g/mol. The van der Waals surface area contributed by atoms with E-state index in [4.69, 9.17) is 23.2 Å². The molecule has 30 heavy (non-hydrogen) atoms. The summed E-state index contributed by atoms with van der Waals surface area (Å²) in [4.78, 5) is 25.6. The van der Waals surface area contributed by atoms with Crippen LogP contribution in [0.2, 0.25) is 10.0 Å². The maximum Gasteiger partial charge on any atom is 0.326 e. The zero-order chi connectivity index (χ0) is 21.5. The number of aromatic nitrogens is 2. The molecule has 3 rings (SSSR count). The minimum absolute atomic E-state index is 0.210. The van der Waals surface area contributed by atoms with E-state index in [0.717, 1.165) is 17.0 Å². The number of nitrogens with one attached hydrogen (secondary N) is 3. The molecule has 0 spiro atoms. The number of guanidine groups is 1. The van der Waals surface area contributed by atoms with Gasteiger partial charge in [0.25, 0.3) is 0 Å². The number of hydrogen-bond acceptors (Lipinski definition) is 4. The molecule has 9 heteroatoms. The number of benzene rings is 2. The summed E-state index contributed by atoms with van der Waals surface area (Å²) in [6, 6.07) is 15.8. The fourth-order valence-electron chi connectivity index (χ4n) is 2.60. The lowest BCUT2D eigenvalue weighted by molar-refractivity contribution is 0.256. The van der Waals surface area contributed by atoms with Crippen molar-refractivity contribution in [2.24, 2.45) is 4.99 Å². The van der Waals surface area contributed by atoms with E-state index in [1.54, 1.807) is 18.2 Å². The Morgan fingerprint density at radius 3 is 2.30 bits per heavy atom. The van der Waals surface area contributed by atoms with E-state index in [9.17, 15) is 4.79 Å². The van der Waals surface area contributed by atoms with Gasteiger partial charge in [-0.05, 0) is 43.7 Å². The van der Waals surface area contributed by atoms with Crippen LogP contribution in [-0.2, 0) is 6.54 Å². The highest BCUT2D eigenvalue weighted by Crippen LogP contribution is 2.24. The molecule has 0 aliphatic carbocycles. The van der Waals surface area contributed by atoms with Gasteiger partial charge in [-0.2, -0.15) is 0 Å². The lowest BCUT2D eigenvalue weighted by Crippen LogP contribution is -2.39. The summed E-state index contributed by atoms with van der Waals surface area (Å²) in [5, 5.41) is 9.11. The molecule has 0 unspecified atom stereocenters. The molecule has 3 N–H and O–H groups in total. The molecular formula is C21H20Cl2N6O. The van der Waals surface area contributed by atoms with Crippen LogP contribution in [0.25, 0.3) is 0 Å². The Labute approximate surface area is 184 Å². The number of nitrogens with zero attached hydrogens (tertiary/aromatic N) is 3. The molecule has 0 radical (unpaired) electrons. The van der Waals surface area contributed by atoms with Gasteiger partial charge in [0, 0.05) is 17.1 Å². The number of aliphatic imine (C=N–C) groups is 1. The van der Waals surface area contributed by atoms with Gasteiger partial charge < -0.3 is 5.32 Å². The molecule has 1 aromatic heterocycles. The number of rotatable bonds is 4. The van der Waals surface area contributed by atoms with Crippen LogP contribution in [0.5, 0.6) is 0 Å². The molecule has 0 saturated carbocycles. The lowest BCUT2D eigenvalue weighted by atomic mass is 10.2. The molecule has 7 nitrogen and oxygen atoms in total. The van der Waals surface area contributed by atoms with Gasteiger partial charge in [0.2, 0.25) is 11.9 Å². The van der Waals surface area contributed by atoms with Crippen LogP contribution in [0, 0.1) is 13.8 Å². The Morgan fingerprint density at radius 2 is 1.63 bits per heavy atom. The molecule has 154 valence electrons. The van der Waals surface area contributed by atoms with Gasteiger partial charge in [-0.1, -0.05) is 53.5 Å². The predicted molar refractivity (Wildman–Crippen MR) is 121 cm³/mol. The summed E-state index contributed by atoms with van der Waals surface area (Å²) in [6.45, 7) is 4.09. The van der Waals surface area contributed by atoms with E-state index < -0.39 is 6.03 Å². The molecule has 0 aliphatic heterocycles. The SMILES string of the molecule is Cc1cc(C)nc(NC(=NCc2ccccc2)NC(=O)Nc2ccc(Cl)c(Cl)c2)n1. The smallest absolute Gasteiger partial charge is 0.308 e. The first kappa shape index (κ1) is 21.5. The van der Waals surface area contributed by atoms with Crippen molar-refractivity contribution in [3.8, 4) is 0 Å². The van der Waals surface area contributed by atoms with Crippen molar-refractivity contribution in [1.82, 2.24) is 15.3 Å². The topological polar surface area (TPSA) is 91.3 Å². The largest absolute Gasteiger partial charge is 0.326 e. The second-order valence-electron chi connectivity index (χ2n) is 6.46. The van der Waals surface area contributed by atoms with E-state index in [0.29, 0.717) is 28.2 Å². The molecule has 0 bridgehead atoms. The van der Waals surface area contributed by atoms with Gasteiger partial charge >= 0.3 is 6.03 Å². The molecule has 0 saturated heterocycles. The highest BCUT2D eigenvalue weighted by Gasteiger charge is 2.10. The quantitative estimate of drug-likeness (QED) is 0.382. The second-order valence-corrected chi connectivity index (χ2v) is 7.27. The van der Waals surface area contributed by atoms with Crippen molar-refractivity contribution in [3.05, 3.63) is 81.6 Å². The molecule has 0 atom stereocenters. The third kappa shape index (κ3) is 6.43. The fraction of sp³-hybridized carbons (Fsp3) is 0.143.